The van der Waals surface area contributed by atoms with Gasteiger partial charge in [-0.1, -0.05) is 61.5 Å². The van der Waals surface area contributed by atoms with Crippen molar-refractivity contribution in [3.8, 4) is 6.07 Å². The number of aromatic nitrogens is 1. The van der Waals surface area contributed by atoms with Crippen molar-refractivity contribution in [1.29, 1.82) is 5.26 Å². The third kappa shape index (κ3) is 4.74. The molecule has 0 N–H and O–H groups in total. The summed E-state index contributed by atoms with van der Waals surface area (Å²) in [6, 6.07) is 24.3. The number of esters is 1. The van der Waals surface area contributed by atoms with Crippen molar-refractivity contribution >= 4 is 11.8 Å². The summed E-state index contributed by atoms with van der Waals surface area (Å²) in [5.41, 5.74) is 1.61. The van der Waals surface area contributed by atoms with Gasteiger partial charge >= 0.3 is 5.97 Å². The van der Waals surface area contributed by atoms with Gasteiger partial charge in [0.15, 0.2) is 6.10 Å². The van der Waals surface area contributed by atoms with E-state index < -0.39 is 18.0 Å². The molecular formula is C24H20N2O3. The smallest absolute Gasteiger partial charge is 0.338 e. The van der Waals surface area contributed by atoms with E-state index in [0.717, 1.165) is 0 Å². The lowest BCUT2D eigenvalue weighted by Gasteiger charge is -2.25. The monoisotopic (exact) mass is 384 g/mol. The Morgan fingerprint density at radius 1 is 0.931 bits per heavy atom. The molecule has 0 amide bonds. The fourth-order valence-electron chi connectivity index (χ4n) is 3.14. The molecule has 3 aromatic rings. The van der Waals surface area contributed by atoms with Crippen molar-refractivity contribution in [2.45, 2.75) is 25.4 Å². The molecule has 0 aliphatic rings. The van der Waals surface area contributed by atoms with Gasteiger partial charge in [-0.2, -0.15) is 5.26 Å². The molecule has 0 bridgehead atoms. The van der Waals surface area contributed by atoms with E-state index in [1.165, 1.54) is 0 Å². The molecule has 29 heavy (non-hydrogen) atoms. The Kier molecular flexibility index (Phi) is 6.49. The third-order valence-corrected chi connectivity index (χ3v) is 4.63. The molecule has 3 rings (SSSR count). The van der Waals surface area contributed by atoms with Crippen LogP contribution in [0, 0.1) is 11.3 Å². The van der Waals surface area contributed by atoms with Gasteiger partial charge in [0.05, 0.1) is 5.56 Å². The van der Waals surface area contributed by atoms with Crippen molar-refractivity contribution in [3.63, 3.8) is 0 Å². The summed E-state index contributed by atoms with van der Waals surface area (Å²) in [4.78, 5) is 30.3. The second-order valence-corrected chi connectivity index (χ2v) is 6.50. The SMILES string of the molecule is CCC(c1cccc(C#N)n1)C(OC(=O)c1ccccc1)C(=O)c1ccccc1. The molecule has 0 saturated carbocycles. The fourth-order valence-corrected chi connectivity index (χ4v) is 3.14. The molecule has 144 valence electrons. The molecule has 5 heteroatoms. The lowest BCUT2D eigenvalue weighted by atomic mass is 9.89. The zero-order valence-electron chi connectivity index (χ0n) is 16.0. The zero-order chi connectivity index (χ0) is 20.6. The van der Waals surface area contributed by atoms with Crippen molar-refractivity contribution in [2.24, 2.45) is 0 Å². The fraction of sp³-hybridized carbons (Fsp3) is 0.167. The first-order valence-corrected chi connectivity index (χ1v) is 9.36. The van der Waals surface area contributed by atoms with E-state index in [-0.39, 0.29) is 11.5 Å². The van der Waals surface area contributed by atoms with Crippen molar-refractivity contribution in [3.05, 3.63) is 101 Å². The summed E-state index contributed by atoms with van der Waals surface area (Å²) in [6.07, 6.45) is -0.552. The van der Waals surface area contributed by atoms with Gasteiger partial charge in [-0.25, -0.2) is 9.78 Å². The lowest BCUT2D eigenvalue weighted by Crippen LogP contribution is -2.34. The van der Waals surface area contributed by atoms with Crippen LogP contribution in [0.3, 0.4) is 0 Å². The first-order valence-electron chi connectivity index (χ1n) is 9.36. The molecule has 2 aromatic carbocycles. The van der Waals surface area contributed by atoms with Crippen LogP contribution in [-0.4, -0.2) is 22.8 Å². The Labute approximate surface area is 169 Å². The number of ether oxygens (including phenoxy) is 1. The quantitative estimate of drug-likeness (QED) is 0.441. The maximum absolute atomic E-state index is 13.3. The largest absolute Gasteiger partial charge is 0.450 e. The number of benzene rings is 2. The molecule has 5 nitrogen and oxygen atoms in total. The molecule has 0 fully saturated rings. The summed E-state index contributed by atoms with van der Waals surface area (Å²) in [5.74, 6) is -1.36. The van der Waals surface area contributed by atoms with Crippen LogP contribution in [0.2, 0.25) is 0 Å². The first kappa shape index (κ1) is 20.0. The molecule has 2 atom stereocenters. The maximum atomic E-state index is 13.3. The van der Waals surface area contributed by atoms with Crippen LogP contribution in [-0.2, 0) is 4.74 Å². The summed E-state index contributed by atoms with van der Waals surface area (Å²) < 4.78 is 5.72. The Bertz CT molecular complexity index is 1030. The molecule has 0 saturated heterocycles. The molecule has 0 aliphatic heterocycles. The first-order chi connectivity index (χ1) is 14.1. The van der Waals surface area contributed by atoms with Crippen LogP contribution in [0.1, 0.15) is 51.4 Å². The predicted molar refractivity (Wildman–Crippen MR) is 108 cm³/mol. The van der Waals surface area contributed by atoms with Crippen molar-refractivity contribution in [1.82, 2.24) is 4.98 Å². The Hall–Kier alpha value is -3.78. The highest BCUT2D eigenvalue weighted by Crippen LogP contribution is 2.28. The molecule has 0 spiro atoms. The maximum Gasteiger partial charge on any atom is 0.338 e. The van der Waals surface area contributed by atoms with Gasteiger partial charge in [-0.05, 0) is 30.7 Å². The number of hydrogen-bond donors (Lipinski definition) is 0. The van der Waals surface area contributed by atoms with E-state index in [1.54, 1.807) is 72.8 Å². The highest BCUT2D eigenvalue weighted by molar-refractivity contribution is 6.02. The number of carbonyl (C=O) groups is 2. The predicted octanol–water partition coefficient (Wildman–Crippen LogP) is 4.56. The third-order valence-electron chi connectivity index (χ3n) is 4.63. The Morgan fingerprint density at radius 2 is 1.55 bits per heavy atom. The van der Waals surface area contributed by atoms with Gasteiger partial charge in [0, 0.05) is 17.2 Å². The molecule has 2 unspecified atom stereocenters. The number of ketones is 1. The normalized spacial score (nSPS) is 12.4. The number of nitriles is 1. The molecule has 0 aliphatic carbocycles. The standard InChI is InChI=1S/C24H20N2O3/c1-2-20(21-15-9-14-19(16-25)26-21)23(22(27)17-10-5-3-6-11-17)29-24(28)18-12-7-4-8-13-18/h3-15,20,23H,2H2,1H3. The van der Waals surface area contributed by atoms with Gasteiger partial charge in [-0.3, -0.25) is 4.79 Å². The van der Waals surface area contributed by atoms with Crippen LogP contribution < -0.4 is 0 Å². The lowest BCUT2D eigenvalue weighted by molar-refractivity contribution is 0.0220. The van der Waals surface area contributed by atoms with Crippen molar-refractivity contribution < 1.29 is 14.3 Å². The van der Waals surface area contributed by atoms with E-state index >= 15 is 0 Å². The minimum Gasteiger partial charge on any atom is -0.450 e. The van der Waals surface area contributed by atoms with Crippen LogP contribution in [0.15, 0.2) is 78.9 Å². The van der Waals surface area contributed by atoms with Crippen LogP contribution >= 0.6 is 0 Å². The minimum absolute atomic E-state index is 0.251. The minimum atomic E-state index is -1.06. The summed E-state index contributed by atoms with van der Waals surface area (Å²) in [6.45, 7) is 1.90. The number of hydrogen-bond acceptors (Lipinski definition) is 5. The molecule has 1 aromatic heterocycles. The second-order valence-electron chi connectivity index (χ2n) is 6.50. The van der Waals surface area contributed by atoms with Crippen molar-refractivity contribution in [2.75, 3.05) is 0 Å². The van der Waals surface area contributed by atoms with Gasteiger partial charge in [-0.15, -0.1) is 0 Å². The number of Topliss-reactive ketones (excluding diaryl/α,β-unsaturated/α-hetero) is 1. The number of rotatable bonds is 7. The highest BCUT2D eigenvalue weighted by atomic mass is 16.5. The van der Waals surface area contributed by atoms with E-state index in [9.17, 15) is 14.9 Å². The van der Waals surface area contributed by atoms with E-state index in [2.05, 4.69) is 4.98 Å². The zero-order valence-corrected chi connectivity index (χ0v) is 16.0. The Morgan fingerprint density at radius 3 is 2.14 bits per heavy atom. The van der Waals surface area contributed by atoms with Gasteiger partial charge in [0.2, 0.25) is 5.78 Å². The Balaban J connectivity index is 1.99. The van der Waals surface area contributed by atoms with E-state index in [0.29, 0.717) is 23.2 Å². The van der Waals surface area contributed by atoms with E-state index in [1.807, 2.05) is 19.1 Å². The molecule has 1 heterocycles. The average Bonchev–Trinajstić information content (AvgIpc) is 2.79. The van der Waals surface area contributed by atoms with E-state index in [4.69, 9.17) is 4.74 Å². The molecular weight excluding hydrogens is 364 g/mol. The number of carbonyl (C=O) groups excluding carboxylic acids is 2. The summed E-state index contributed by atoms with van der Waals surface area (Å²) in [7, 11) is 0. The summed E-state index contributed by atoms with van der Waals surface area (Å²) >= 11 is 0. The summed E-state index contributed by atoms with van der Waals surface area (Å²) in [5, 5.41) is 9.17. The van der Waals surface area contributed by atoms with Crippen LogP contribution in [0.25, 0.3) is 0 Å². The van der Waals surface area contributed by atoms with Crippen LogP contribution in [0.4, 0.5) is 0 Å². The van der Waals surface area contributed by atoms with Crippen LogP contribution in [0.5, 0.6) is 0 Å². The number of nitrogens with zero attached hydrogens (tertiary/aromatic N) is 2. The average molecular weight is 384 g/mol. The second kappa shape index (κ2) is 9.43. The van der Waals surface area contributed by atoms with Gasteiger partial charge < -0.3 is 4.74 Å². The number of pyridine rings is 1. The topological polar surface area (TPSA) is 80.0 Å². The highest BCUT2D eigenvalue weighted by Gasteiger charge is 2.34. The van der Waals surface area contributed by atoms with Gasteiger partial charge in [0.1, 0.15) is 11.8 Å². The molecule has 0 radical (unpaired) electrons. The van der Waals surface area contributed by atoms with Gasteiger partial charge in [0.25, 0.3) is 0 Å².